The van der Waals surface area contributed by atoms with Gasteiger partial charge in [-0.1, -0.05) is 34.1 Å². The quantitative estimate of drug-likeness (QED) is 0.770. The van der Waals surface area contributed by atoms with Crippen molar-refractivity contribution < 1.29 is 0 Å². The minimum atomic E-state index is 0.421. The summed E-state index contributed by atoms with van der Waals surface area (Å²) >= 11 is 0. The molecule has 1 heterocycles. The van der Waals surface area contributed by atoms with Crippen molar-refractivity contribution in [1.82, 2.24) is 10.2 Å². The van der Waals surface area contributed by atoms with Crippen LogP contribution in [0, 0.1) is 5.41 Å². The van der Waals surface area contributed by atoms with Gasteiger partial charge < -0.3 is 10.2 Å². The van der Waals surface area contributed by atoms with Gasteiger partial charge in [-0.2, -0.15) is 0 Å². The van der Waals surface area contributed by atoms with Gasteiger partial charge in [0.05, 0.1) is 0 Å². The van der Waals surface area contributed by atoms with Crippen molar-refractivity contribution in [2.75, 3.05) is 26.2 Å². The van der Waals surface area contributed by atoms with Gasteiger partial charge in [0.1, 0.15) is 0 Å². The van der Waals surface area contributed by atoms with Gasteiger partial charge in [0.2, 0.25) is 0 Å². The molecule has 1 aliphatic rings. The first-order chi connectivity index (χ1) is 7.01. The van der Waals surface area contributed by atoms with E-state index in [2.05, 4.69) is 37.9 Å². The zero-order valence-corrected chi connectivity index (χ0v) is 11.0. The normalized spacial score (nSPS) is 23.4. The highest BCUT2D eigenvalue weighted by Gasteiger charge is 2.19. The number of nitrogens with one attached hydrogen (secondary N) is 1. The fourth-order valence-corrected chi connectivity index (χ4v) is 2.37. The van der Waals surface area contributed by atoms with Crippen LogP contribution in [0.4, 0.5) is 0 Å². The van der Waals surface area contributed by atoms with E-state index in [0.29, 0.717) is 5.41 Å². The molecule has 0 bridgehead atoms. The zero-order valence-electron chi connectivity index (χ0n) is 11.0. The largest absolute Gasteiger partial charge is 0.313 e. The molecular formula is C13H28N2. The molecule has 0 aromatic rings. The average molecular weight is 212 g/mol. The van der Waals surface area contributed by atoms with Gasteiger partial charge in [0.25, 0.3) is 0 Å². The number of piperidine rings is 1. The van der Waals surface area contributed by atoms with Crippen LogP contribution in [0.5, 0.6) is 0 Å². The van der Waals surface area contributed by atoms with E-state index in [1.807, 2.05) is 0 Å². The standard InChI is InChI=1S/C13H28N2/c1-5-15(11-13(2,3)4)10-12-8-6-7-9-14-12/h12,14H,5-11H2,1-4H3. The molecule has 1 atom stereocenters. The highest BCUT2D eigenvalue weighted by molar-refractivity contribution is 4.78. The van der Waals surface area contributed by atoms with Gasteiger partial charge in [0, 0.05) is 19.1 Å². The summed E-state index contributed by atoms with van der Waals surface area (Å²) in [7, 11) is 0. The maximum Gasteiger partial charge on any atom is 0.0195 e. The lowest BCUT2D eigenvalue weighted by Crippen LogP contribution is -2.45. The molecule has 0 radical (unpaired) electrons. The Labute approximate surface area is 95.4 Å². The first-order valence-electron chi connectivity index (χ1n) is 6.47. The fraction of sp³-hybridized carbons (Fsp3) is 1.00. The second-order valence-corrected chi connectivity index (χ2v) is 6.04. The van der Waals surface area contributed by atoms with Crippen molar-refractivity contribution in [2.24, 2.45) is 5.41 Å². The molecule has 1 unspecified atom stereocenters. The Balaban J connectivity index is 2.31. The summed E-state index contributed by atoms with van der Waals surface area (Å²) in [6.45, 7) is 14.1. The zero-order chi connectivity index (χ0) is 11.3. The van der Waals surface area contributed by atoms with Gasteiger partial charge in [0.15, 0.2) is 0 Å². The maximum absolute atomic E-state index is 3.63. The Morgan fingerprint density at radius 3 is 2.47 bits per heavy atom. The van der Waals surface area contributed by atoms with Crippen LogP contribution in [-0.4, -0.2) is 37.1 Å². The van der Waals surface area contributed by atoms with Gasteiger partial charge in [-0.3, -0.25) is 0 Å². The van der Waals surface area contributed by atoms with Crippen molar-refractivity contribution in [2.45, 2.75) is 53.0 Å². The summed E-state index contributed by atoms with van der Waals surface area (Å²) in [6.07, 6.45) is 4.13. The van der Waals surface area contributed by atoms with E-state index in [1.54, 1.807) is 0 Å². The summed E-state index contributed by atoms with van der Waals surface area (Å²) in [4.78, 5) is 2.59. The number of hydrogen-bond donors (Lipinski definition) is 1. The molecule has 2 nitrogen and oxygen atoms in total. The molecule has 1 N–H and O–H groups in total. The number of rotatable bonds is 4. The van der Waals surface area contributed by atoms with Crippen molar-refractivity contribution in [3.8, 4) is 0 Å². The molecule has 1 saturated heterocycles. The summed E-state index contributed by atoms with van der Waals surface area (Å²) in [5.74, 6) is 0. The molecule has 1 aliphatic heterocycles. The van der Waals surface area contributed by atoms with Gasteiger partial charge in [-0.05, 0) is 31.3 Å². The molecule has 1 fully saturated rings. The Morgan fingerprint density at radius 2 is 2.00 bits per heavy atom. The van der Waals surface area contributed by atoms with Gasteiger partial charge in [-0.15, -0.1) is 0 Å². The molecule has 15 heavy (non-hydrogen) atoms. The summed E-state index contributed by atoms with van der Waals surface area (Å²) in [5.41, 5.74) is 0.421. The van der Waals surface area contributed by atoms with Crippen LogP contribution < -0.4 is 5.32 Å². The van der Waals surface area contributed by atoms with Crippen LogP contribution in [0.15, 0.2) is 0 Å². The smallest absolute Gasteiger partial charge is 0.0195 e. The van der Waals surface area contributed by atoms with E-state index in [9.17, 15) is 0 Å². The van der Waals surface area contributed by atoms with E-state index in [1.165, 1.54) is 45.4 Å². The van der Waals surface area contributed by atoms with Crippen LogP contribution in [0.1, 0.15) is 47.0 Å². The lowest BCUT2D eigenvalue weighted by molar-refractivity contribution is 0.172. The lowest BCUT2D eigenvalue weighted by atomic mass is 9.95. The van der Waals surface area contributed by atoms with Crippen LogP contribution in [-0.2, 0) is 0 Å². The number of likely N-dealkylation sites (N-methyl/N-ethyl adjacent to an activating group) is 1. The molecule has 2 heteroatoms. The van der Waals surface area contributed by atoms with Crippen molar-refractivity contribution >= 4 is 0 Å². The maximum atomic E-state index is 3.63. The highest BCUT2D eigenvalue weighted by Crippen LogP contribution is 2.16. The number of hydrogen-bond acceptors (Lipinski definition) is 2. The minimum Gasteiger partial charge on any atom is -0.313 e. The molecule has 0 spiro atoms. The first-order valence-corrected chi connectivity index (χ1v) is 6.47. The van der Waals surface area contributed by atoms with Crippen molar-refractivity contribution in [1.29, 1.82) is 0 Å². The molecular weight excluding hydrogens is 184 g/mol. The highest BCUT2D eigenvalue weighted by atomic mass is 15.1. The Bertz CT molecular complexity index is 166. The Kier molecular flexibility index (Phi) is 5.07. The van der Waals surface area contributed by atoms with Crippen molar-refractivity contribution in [3.05, 3.63) is 0 Å². The van der Waals surface area contributed by atoms with E-state index >= 15 is 0 Å². The third-order valence-electron chi connectivity index (χ3n) is 3.04. The molecule has 0 aromatic heterocycles. The second-order valence-electron chi connectivity index (χ2n) is 6.04. The summed E-state index contributed by atoms with van der Waals surface area (Å²) < 4.78 is 0. The molecule has 0 saturated carbocycles. The molecule has 90 valence electrons. The summed E-state index contributed by atoms with van der Waals surface area (Å²) in [6, 6.07) is 0.737. The Hall–Kier alpha value is -0.0800. The minimum absolute atomic E-state index is 0.421. The van der Waals surface area contributed by atoms with Gasteiger partial charge >= 0.3 is 0 Å². The SMILES string of the molecule is CCN(CC1CCCCN1)CC(C)(C)C. The first kappa shape index (κ1) is 13.0. The topological polar surface area (TPSA) is 15.3 Å². The van der Waals surface area contributed by atoms with E-state index in [0.717, 1.165) is 6.04 Å². The third-order valence-corrected chi connectivity index (χ3v) is 3.04. The molecule has 0 amide bonds. The van der Waals surface area contributed by atoms with E-state index in [-0.39, 0.29) is 0 Å². The van der Waals surface area contributed by atoms with Crippen LogP contribution >= 0.6 is 0 Å². The van der Waals surface area contributed by atoms with Crippen LogP contribution in [0.2, 0.25) is 0 Å². The van der Waals surface area contributed by atoms with Gasteiger partial charge in [-0.25, -0.2) is 0 Å². The van der Waals surface area contributed by atoms with Crippen molar-refractivity contribution in [3.63, 3.8) is 0 Å². The summed E-state index contributed by atoms with van der Waals surface area (Å²) in [5, 5.41) is 3.63. The van der Waals surface area contributed by atoms with Crippen LogP contribution in [0.25, 0.3) is 0 Å². The molecule has 1 rings (SSSR count). The molecule has 0 aliphatic carbocycles. The van der Waals surface area contributed by atoms with Crippen LogP contribution in [0.3, 0.4) is 0 Å². The van der Waals surface area contributed by atoms with E-state index in [4.69, 9.17) is 0 Å². The third kappa shape index (κ3) is 5.53. The predicted molar refractivity (Wildman–Crippen MR) is 67.2 cm³/mol. The predicted octanol–water partition coefficient (Wildman–Crippen LogP) is 2.50. The van der Waals surface area contributed by atoms with E-state index < -0.39 is 0 Å². The number of nitrogens with zero attached hydrogens (tertiary/aromatic N) is 1. The lowest BCUT2D eigenvalue weighted by Gasteiger charge is -2.33. The average Bonchev–Trinajstić information content (AvgIpc) is 2.16. The second kappa shape index (κ2) is 5.86. The monoisotopic (exact) mass is 212 g/mol. The fourth-order valence-electron chi connectivity index (χ4n) is 2.37. The molecule has 0 aromatic carbocycles. The Morgan fingerprint density at radius 1 is 1.27 bits per heavy atom.